The van der Waals surface area contributed by atoms with E-state index in [1.807, 2.05) is 53.4 Å². The minimum Gasteiger partial charge on any atom is -0.506 e. The van der Waals surface area contributed by atoms with Gasteiger partial charge in [0.25, 0.3) is 11.8 Å². The molecule has 4 aromatic rings. The van der Waals surface area contributed by atoms with Crippen molar-refractivity contribution in [1.82, 2.24) is 10.3 Å². The number of carbonyl (C=O) groups is 2. The van der Waals surface area contributed by atoms with Gasteiger partial charge >= 0.3 is 0 Å². The molecule has 0 unspecified atom stereocenters. The van der Waals surface area contributed by atoms with Crippen LogP contribution in [0.3, 0.4) is 0 Å². The predicted octanol–water partition coefficient (Wildman–Crippen LogP) is 6.07. The zero-order valence-electron chi connectivity index (χ0n) is 22.5. The molecular formula is C32H32ClN3O4. The minimum atomic E-state index is -0.459. The van der Waals surface area contributed by atoms with E-state index >= 15 is 0 Å². The number of hydrazone groups is 1. The molecule has 0 heterocycles. The van der Waals surface area contributed by atoms with Gasteiger partial charge in [-0.25, -0.2) is 5.43 Å². The molecule has 8 heteroatoms. The molecular weight excluding hydrogens is 526 g/mol. The second kappa shape index (κ2) is 13.6. The van der Waals surface area contributed by atoms with Gasteiger partial charge in [-0.3, -0.25) is 9.59 Å². The number of fused-ring (bicyclic) bond motifs is 1. The fourth-order valence-corrected chi connectivity index (χ4v) is 4.48. The predicted molar refractivity (Wildman–Crippen MR) is 159 cm³/mol. The maximum absolute atomic E-state index is 13.2. The van der Waals surface area contributed by atoms with Gasteiger partial charge < -0.3 is 14.7 Å². The number of amides is 2. The van der Waals surface area contributed by atoms with E-state index in [9.17, 15) is 14.7 Å². The summed E-state index contributed by atoms with van der Waals surface area (Å²) in [5, 5.41) is 15.4. The van der Waals surface area contributed by atoms with Crippen molar-refractivity contribution in [3.63, 3.8) is 0 Å². The monoisotopic (exact) mass is 557 g/mol. The van der Waals surface area contributed by atoms with Crippen molar-refractivity contribution in [3.8, 4) is 11.5 Å². The molecule has 0 aliphatic rings. The van der Waals surface area contributed by atoms with Crippen LogP contribution in [0.4, 0.5) is 0 Å². The molecule has 0 radical (unpaired) electrons. The van der Waals surface area contributed by atoms with Gasteiger partial charge in [-0.15, -0.1) is 0 Å². The highest BCUT2D eigenvalue weighted by Crippen LogP contribution is 2.28. The highest BCUT2D eigenvalue weighted by molar-refractivity contribution is 6.32. The van der Waals surface area contributed by atoms with E-state index in [0.29, 0.717) is 24.8 Å². The summed E-state index contributed by atoms with van der Waals surface area (Å²) in [7, 11) is 0. The number of nitrogens with one attached hydrogen (secondary N) is 1. The normalized spacial score (nSPS) is 11.2. The number of halogens is 1. The minimum absolute atomic E-state index is 0.0589. The van der Waals surface area contributed by atoms with Crippen molar-refractivity contribution in [2.75, 3.05) is 19.7 Å². The Kier molecular flexibility index (Phi) is 9.76. The molecule has 0 saturated carbocycles. The molecule has 2 N–H and O–H groups in total. The van der Waals surface area contributed by atoms with Gasteiger partial charge in [0.15, 0.2) is 6.61 Å². The number of carbonyl (C=O) groups excluding carboxylic acids is 2. The number of phenolic OH excluding ortho intramolecular Hbond substituents is 1. The van der Waals surface area contributed by atoms with Crippen LogP contribution in [0.5, 0.6) is 11.5 Å². The van der Waals surface area contributed by atoms with Crippen LogP contribution in [-0.4, -0.2) is 47.7 Å². The summed E-state index contributed by atoms with van der Waals surface area (Å²) in [6, 6.07) is 25.6. The van der Waals surface area contributed by atoms with Crippen LogP contribution in [0, 0.1) is 5.92 Å². The zero-order valence-corrected chi connectivity index (χ0v) is 23.3. The molecule has 0 atom stereocenters. The highest BCUT2D eigenvalue weighted by Gasteiger charge is 2.17. The molecule has 4 rings (SSSR count). The lowest BCUT2D eigenvalue weighted by molar-refractivity contribution is -0.133. The van der Waals surface area contributed by atoms with Crippen LogP contribution < -0.4 is 10.2 Å². The Morgan fingerprint density at radius 1 is 1.00 bits per heavy atom. The standard InChI is InChI=1S/C32H32ClN3O4/c1-22(2)20-36(17-16-23-8-4-3-5-9-23)31(38)21-40-30-15-13-25(26-10-6-7-11-27(26)30)19-34-35-32(39)24-12-14-29(37)28(33)18-24/h3-15,18-19,22,37H,16-17,20-21H2,1-2H3,(H,35,39)/b34-19+. The molecule has 206 valence electrons. The Labute approximate surface area is 239 Å². The number of hydrogen-bond donors (Lipinski definition) is 2. The molecule has 7 nitrogen and oxygen atoms in total. The van der Waals surface area contributed by atoms with Crippen molar-refractivity contribution in [3.05, 3.63) is 107 Å². The Morgan fingerprint density at radius 3 is 2.45 bits per heavy atom. The maximum Gasteiger partial charge on any atom is 0.271 e. The second-order valence-electron chi connectivity index (χ2n) is 9.82. The Hall–Kier alpha value is -4.36. The molecule has 0 fully saturated rings. The number of hydrogen-bond acceptors (Lipinski definition) is 5. The van der Waals surface area contributed by atoms with Crippen LogP contribution in [-0.2, 0) is 11.2 Å². The van der Waals surface area contributed by atoms with Gasteiger partial charge in [0.1, 0.15) is 11.5 Å². The second-order valence-corrected chi connectivity index (χ2v) is 10.2. The number of ether oxygens (including phenoxy) is 1. The summed E-state index contributed by atoms with van der Waals surface area (Å²) in [4.78, 5) is 27.4. The third-order valence-electron chi connectivity index (χ3n) is 6.30. The Bertz CT molecular complexity index is 1510. The number of nitrogens with zero attached hydrogens (tertiary/aromatic N) is 2. The number of aromatic hydroxyl groups is 1. The van der Waals surface area contributed by atoms with E-state index < -0.39 is 5.91 Å². The summed E-state index contributed by atoms with van der Waals surface area (Å²) in [6.45, 7) is 5.42. The van der Waals surface area contributed by atoms with Crippen molar-refractivity contribution in [2.45, 2.75) is 20.3 Å². The molecule has 40 heavy (non-hydrogen) atoms. The summed E-state index contributed by atoms with van der Waals surface area (Å²) in [5.74, 6) is 0.314. The fraction of sp³-hybridized carbons (Fsp3) is 0.219. The molecule has 0 aliphatic carbocycles. The van der Waals surface area contributed by atoms with Gasteiger partial charge in [0.2, 0.25) is 0 Å². The van der Waals surface area contributed by atoms with E-state index in [4.69, 9.17) is 16.3 Å². The van der Waals surface area contributed by atoms with Gasteiger partial charge in [-0.2, -0.15) is 5.10 Å². The van der Waals surface area contributed by atoms with Crippen LogP contribution in [0.1, 0.15) is 35.3 Å². The van der Waals surface area contributed by atoms with E-state index in [1.54, 1.807) is 12.3 Å². The molecule has 0 bridgehead atoms. The lowest BCUT2D eigenvalue weighted by Crippen LogP contribution is -2.39. The van der Waals surface area contributed by atoms with Gasteiger partial charge in [-0.1, -0.05) is 80.0 Å². The molecule has 0 saturated heterocycles. The smallest absolute Gasteiger partial charge is 0.271 e. The van der Waals surface area contributed by atoms with Crippen LogP contribution in [0.15, 0.2) is 90.0 Å². The third-order valence-corrected chi connectivity index (χ3v) is 6.60. The summed E-state index contributed by atoms with van der Waals surface area (Å²) >= 11 is 5.89. The largest absolute Gasteiger partial charge is 0.506 e. The first-order chi connectivity index (χ1) is 19.3. The Balaban J connectivity index is 1.43. The quantitative estimate of drug-likeness (QED) is 0.173. The molecule has 2 amide bonds. The average Bonchev–Trinajstić information content (AvgIpc) is 2.96. The molecule has 0 aromatic heterocycles. The maximum atomic E-state index is 13.2. The number of rotatable bonds is 11. The molecule has 4 aromatic carbocycles. The first-order valence-electron chi connectivity index (χ1n) is 13.1. The zero-order chi connectivity index (χ0) is 28.5. The SMILES string of the molecule is CC(C)CN(CCc1ccccc1)C(=O)COc1ccc(/C=N/NC(=O)c2ccc(O)c(Cl)c2)c2ccccc12. The highest BCUT2D eigenvalue weighted by atomic mass is 35.5. The van der Waals surface area contributed by atoms with Crippen LogP contribution >= 0.6 is 11.6 Å². The Morgan fingerprint density at radius 2 is 1.73 bits per heavy atom. The topological polar surface area (TPSA) is 91.2 Å². The van der Waals surface area contributed by atoms with Gasteiger partial charge in [0.05, 0.1) is 11.2 Å². The lowest BCUT2D eigenvalue weighted by atomic mass is 10.0. The van der Waals surface area contributed by atoms with Crippen LogP contribution in [0.25, 0.3) is 10.8 Å². The molecule has 0 spiro atoms. The van der Waals surface area contributed by atoms with Gasteiger partial charge in [0, 0.05) is 29.6 Å². The number of benzene rings is 4. The third kappa shape index (κ3) is 7.61. The first kappa shape index (κ1) is 28.6. The van der Waals surface area contributed by atoms with E-state index in [1.165, 1.54) is 23.8 Å². The van der Waals surface area contributed by atoms with E-state index in [-0.39, 0.29) is 28.8 Å². The summed E-state index contributed by atoms with van der Waals surface area (Å²) in [5.41, 5.74) is 4.70. The van der Waals surface area contributed by atoms with E-state index in [0.717, 1.165) is 22.8 Å². The van der Waals surface area contributed by atoms with E-state index in [2.05, 4.69) is 36.5 Å². The fourth-order valence-electron chi connectivity index (χ4n) is 4.30. The average molecular weight is 558 g/mol. The van der Waals surface area contributed by atoms with Crippen LogP contribution in [0.2, 0.25) is 5.02 Å². The molecule has 0 aliphatic heterocycles. The van der Waals surface area contributed by atoms with Crippen molar-refractivity contribution < 1.29 is 19.4 Å². The van der Waals surface area contributed by atoms with Crippen molar-refractivity contribution in [2.24, 2.45) is 11.0 Å². The first-order valence-corrected chi connectivity index (χ1v) is 13.5. The van der Waals surface area contributed by atoms with Crippen molar-refractivity contribution in [1.29, 1.82) is 0 Å². The lowest BCUT2D eigenvalue weighted by Gasteiger charge is -2.25. The van der Waals surface area contributed by atoms with Crippen molar-refractivity contribution >= 4 is 40.4 Å². The van der Waals surface area contributed by atoms with Gasteiger partial charge in [-0.05, 0) is 53.6 Å². The summed E-state index contributed by atoms with van der Waals surface area (Å²) in [6.07, 6.45) is 2.33. The summed E-state index contributed by atoms with van der Waals surface area (Å²) < 4.78 is 6.03. The number of phenols is 1.